The molecule has 5 rings (SSSR count). The van der Waals surface area contributed by atoms with Crippen molar-refractivity contribution < 1.29 is 19.5 Å². The summed E-state index contributed by atoms with van der Waals surface area (Å²) in [5, 5.41) is 15.9. The van der Waals surface area contributed by atoms with Crippen LogP contribution in [0.2, 0.25) is 0 Å². The van der Waals surface area contributed by atoms with Crippen LogP contribution in [0.1, 0.15) is 4.88 Å². The van der Waals surface area contributed by atoms with Gasteiger partial charge in [-0.1, -0.05) is 17.8 Å². The zero-order valence-corrected chi connectivity index (χ0v) is 20.2. The quantitative estimate of drug-likeness (QED) is 0.478. The van der Waals surface area contributed by atoms with Gasteiger partial charge in [-0.2, -0.15) is 0 Å². The Hall–Kier alpha value is -2.12. The van der Waals surface area contributed by atoms with Gasteiger partial charge in [-0.3, -0.25) is 19.3 Å². The third-order valence-electron chi connectivity index (χ3n) is 4.90. The lowest BCUT2D eigenvalue weighted by atomic mass is 10.0. The topological polar surface area (TPSA) is 104 Å². The van der Waals surface area contributed by atoms with Crippen molar-refractivity contribution in [2.24, 2.45) is 0 Å². The van der Waals surface area contributed by atoms with Gasteiger partial charge in [0.05, 0.1) is 20.0 Å². The molecule has 2 atom stereocenters. The first-order valence-corrected chi connectivity index (χ1v) is 13.8. The lowest BCUT2D eigenvalue weighted by Gasteiger charge is -2.49. The Morgan fingerprint density at radius 1 is 1.22 bits per heavy atom. The van der Waals surface area contributed by atoms with Gasteiger partial charge in [-0.15, -0.1) is 45.8 Å². The van der Waals surface area contributed by atoms with E-state index in [0.717, 1.165) is 9.58 Å². The molecule has 2 aliphatic rings. The number of rotatable bonds is 6. The van der Waals surface area contributed by atoms with E-state index in [2.05, 4.69) is 5.32 Å². The van der Waals surface area contributed by atoms with Crippen LogP contribution in [0.25, 0.3) is 9.40 Å². The van der Waals surface area contributed by atoms with Gasteiger partial charge in [-0.25, -0.2) is 4.79 Å². The monoisotopic (exact) mass is 522 g/mol. The van der Waals surface area contributed by atoms with Gasteiger partial charge in [0.15, 0.2) is 5.43 Å². The summed E-state index contributed by atoms with van der Waals surface area (Å²) in [4.78, 5) is 52.1. The second-order valence-electron chi connectivity index (χ2n) is 6.93. The maximum absolute atomic E-state index is 12.8. The molecule has 32 heavy (non-hydrogen) atoms. The van der Waals surface area contributed by atoms with E-state index in [1.165, 1.54) is 68.5 Å². The number of fused-ring (bicyclic) bond motifs is 2. The molecule has 1 saturated heterocycles. The van der Waals surface area contributed by atoms with Gasteiger partial charge in [0.2, 0.25) is 5.91 Å². The first kappa shape index (κ1) is 21.7. The second-order valence-corrected chi connectivity index (χ2v) is 12.5. The predicted octanol–water partition coefficient (Wildman–Crippen LogP) is 3.42. The molecule has 2 N–H and O–H groups in total. The Morgan fingerprint density at radius 2 is 2.06 bits per heavy atom. The number of aliphatic carboxylic acids is 1. The Labute approximate surface area is 202 Å². The molecule has 1 unspecified atom stereocenters. The number of carboxylic acid groups (broad SMARTS) is 1. The Kier molecular flexibility index (Phi) is 5.88. The lowest BCUT2D eigenvalue weighted by molar-refractivity contribution is -0.150. The minimum Gasteiger partial charge on any atom is -0.477 e. The molecule has 0 aliphatic carbocycles. The predicted molar refractivity (Wildman–Crippen MR) is 130 cm³/mol. The summed E-state index contributed by atoms with van der Waals surface area (Å²) in [7, 11) is 0. The molecule has 0 spiro atoms. The summed E-state index contributed by atoms with van der Waals surface area (Å²) in [5.41, 5.74) is -0.166. The normalized spacial score (nSPS) is 20.2. The number of nitrogens with zero attached hydrogens (tertiary/aromatic N) is 1. The van der Waals surface area contributed by atoms with E-state index in [1.54, 1.807) is 0 Å². The van der Waals surface area contributed by atoms with Crippen molar-refractivity contribution >= 4 is 84.7 Å². The summed E-state index contributed by atoms with van der Waals surface area (Å²) in [6.07, 6.45) is 0.186. The van der Waals surface area contributed by atoms with Crippen molar-refractivity contribution in [2.75, 3.05) is 5.75 Å². The summed E-state index contributed by atoms with van der Waals surface area (Å²) in [6.45, 7) is 0. The van der Waals surface area contributed by atoms with Crippen molar-refractivity contribution in [2.45, 2.75) is 22.0 Å². The van der Waals surface area contributed by atoms with Crippen LogP contribution in [0.15, 0.2) is 54.6 Å². The number of carbonyl (C=O) groups is 3. The average Bonchev–Trinajstić information content (AvgIpc) is 3.43. The summed E-state index contributed by atoms with van der Waals surface area (Å²) >= 11 is 6.90. The SMILES string of the molecule is O=C(Cc1cccs1)NC1C(=O)N2C(C(=O)O)=C(Sc3cc(=O)c4sccc4s3)CS[C@H]12. The van der Waals surface area contributed by atoms with Crippen LogP contribution in [-0.4, -0.2) is 45.0 Å². The van der Waals surface area contributed by atoms with Gasteiger partial charge < -0.3 is 10.4 Å². The highest BCUT2D eigenvalue weighted by atomic mass is 32.2. The molecule has 0 bridgehead atoms. The van der Waals surface area contributed by atoms with E-state index < -0.39 is 23.3 Å². The Bertz CT molecular complexity index is 1330. The molecule has 0 saturated carbocycles. The van der Waals surface area contributed by atoms with Crippen molar-refractivity contribution in [3.63, 3.8) is 0 Å². The summed E-state index contributed by atoms with van der Waals surface area (Å²) in [6, 6.07) is 6.35. The van der Waals surface area contributed by atoms with Crippen LogP contribution in [-0.2, 0) is 20.8 Å². The highest BCUT2D eigenvalue weighted by Crippen LogP contribution is 2.46. The lowest BCUT2D eigenvalue weighted by Crippen LogP contribution is -2.70. The average molecular weight is 523 g/mol. The van der Waals surface area contributed by atoms with Crippen LogP contribution in [0.3, 0.4) is 0 Å². The number of nitrogens with one attached hydrogen (secondary N) is 1. The molecule has 7 nitrogen and oxygen atoms in total. The fourth-order valence-corrected chi connectivity index (χ4v) is 9.04. The van der Waals surface area contributed by atoms with E-state index in [4.69, 9.17) is 0 Å². The fraction of sp³-hybridized carbons (Fsp3) is 0.200. The van der Waals surface area contributed by atoms with Crippen LogP contribution >= 0.6 is 57.5 Å². The van der Waals surface area contributed by atoms with Gasteiger partial charge in [-0.05, 0) is 22.9 Å². The highest BCUT2D eigenvalue weighted by molar-refractivity contribution is 8.07. The number of amides is 2. The van der Waals surface area contributed by atoms with E-state index in [-0.39, 0.29) is 23.5 Å². The zero-order valence-electron chi connectivity index (χ0n) is 16.1. The number of hydrogen-bond donors (Lipinski definition) is 2. The minimum absolute atomic E-state index is 0.0717. The Morgan fingerprint density at radius 3 is 2.81 bits per heavy atom. The van der Waals surface area contributed by atoms with E-state index in [9.17, 15) is 24.3 Å². The molecule has 5 heterocycles. The van der Waals surface area contributed by atoms with Crippen LogP contribution < -0.4 is 10.7 Å². The minimum atomic E-state index is -1.20. The van der Waals surface area contributed by atoms with Crippen molar-refractivity contribution in [3.8, 4) is 0 Å². The second kappa shape index (κ2) is 8.67. The standard InChI is InChI=1S/C20H14N2O5S5/c23-10-7-14(31-11-3-5-29-17(10)11)32-12-8-30-19-15(18(25)22(19)16(12)20(26)27)21-13(24)6-9-2-1-4-28-9/h1-5,7,15,19H,6,8H2,(H,21,24)(H,26,27)/t15?,19-/m1/s1. The van der Waals surface area contributed by atoms with E-state index >= 15 is 0 Å². The van der Waals surface area contributed by atoms with Gasteiger partial charge in [0.1, 0.15) is 17.1 Å². The van der Waals surface area contributed by atoms with Gasteiger partial charge in [0, 0.05) is 21.6 Å². The number of carboxylic acids is 1. The first-order chi connectivity index (χ1) is 15.4. The largest absolute Gasteiger partial charge is 0.477 e. The molecule has 3 aromatic heterocycles. The third-order valence-corrected chi connectivity index (χ3v) is 10.6. The molecule has 12 heteroatoms. The van der Waals surface area contributed by atoms with Crippen LogP contribution in [0.5, 0.6) is 0 Å². The number of β-lactam (4-membered cyclic amide) rings is 1. The van der Waals surface area contributed by atoms with Crippen LogP contribution in [0.4, 0.5) is 0 Å². The van der Waals surface area contributed by atoms with Gasteiger partial charge in [0.25, 0.3) is 5.91 Å². The van der Waals surface area contributed by atoms with E-state index in [1.807, 2.05) is 29.0 Å². The van der Waals surface area contributed by atoms with Gasteiger partial charge >= 0.3 is 5.97 Å². The number of hydrogen-bond acceptors (Lipinski definition) is 9. The molecule has 0 radical (unpaired) electrons. The zero-order chi connectivity index (χ0) is 22.4. The molecule has 1 fully saturated rings. The Balaban J connectivity index is 1.36. The molecular weight excluding hydrogens is 509 g/mol. The molecule has 2 aliphatic heterocycles. The highest BCUT2D eigenvalue weighted by Gasteiger charge is 2.54. The molecule has 164 valence electrons. The van der Waals surface area contributed by atoms with Crippen LogP contribution in [0, 0.1) is 0 Å². The number of carbonyl (C=O) groups excluding carboxylic acids is 2. The number of thiophene rings is 2. The third kappa shape index (κ3) is 3.90. The molecule has 3 aromatic rings. The number of thioether (sulfide) groups is 2. The summed E-state index contributed by atoms with van der Waals surface area (Å²) < 4.78 is 2.23. The molecular formula is C20H14N2O5S5. The van der Waals surface area contributed by atoms with E-state index in [0.29, 0.717) is 19.6 Å². The van der Waals surface area contributed by atoms with Crippen molar-refractivity contribution in [1.29, 1.82) is 0 Å². The fourth-order valence-electron chi connectivity index (χ4n) is 3.50. The smallest absolute Gasteiger partial charge is 0.353 e. The maximum Gasteiger partial charge on any atom is 0.353 e. The van der Waals surface area contributed by atoms with Crippen molar-refractivity contribution in [3.05, 3.63) is 60.7 Å². The maximum atomic E-state index is 12.8. The first-order valence-electron chi connectivity index (χ1n) is 9.34. The molecule has 2 amide bonds. The molecule has 0 aromatic carbocycles. The van der Waals surface area contributed by atoms with Crippen molar-refractivity contribution in [1.82, 2.24) is 10.2 Å². The summed E-state index contributed by atoms with van der Waals surface area (Å²) in [5.74, 6) is -1.52.